The van der Waals surface area contributed by atoms with Crippen molar-refractivity contribution in [2.24, 2.45) is 5.92 Å². The standard InChI is InChI=1S/C29H36ClN3O/c30-28-13-4-2-9-26(28)22-32-17-6-5-16-31-21-23-14-18-33(19-15-23)29(34)20-25-11-7-10-24-8-1-3-12-27(24)25/h1-4,7-13,23,31-32H,5-6,14-22H2. The first kappa shape index (κ1) is 24.7. The number of hydrogen-bond acceptors (Lipinski definition) is 3. The number of carbonyl (C=O) groups excluding carboxylic acids is 1. The predicted octanol–water partition coefficient (Wildman–Crippen LogP) is 5.43. The van der Waals surface area contributed by atoms with Crippen LogP contribution in [0.3, 0.4) is 0 Å². The second kappa shape index (κ2) is 12.9. The molecule has 0 unspecified atom stereocenters. The summed E-state index contributed by atoms with van der Waals surface area (Å²) in [5.74, 6) is 0.923. The van der Waals surface area contributed by atoms with E-state index in [1.165, 1.54) is 10.8 Å². The van der Waals surface area contributed by atoms with Crippen LogP contribution in [0.5, 0.6) is 0 Å². The first-order valence-electron chi connectivity index (χ1n) is 12.6. The van der Waals surface area contributed by atoms with E-state index in [4.69, 9.17) is 11.6 Å². The molecule has 1 amide bonds. The molecule has 0 bridgehead atoms. The number of halogens is 1. The van der Waals surface area contributed by atoms with Gasteiger partial charge < -0.3 is 15.5 Å². The number of carbonyl (C=O) groups is 1. The summed E-state index contributed by atoms with van der Waals surface area (Å²) in [6, 6.07) is 22.6. The number of amides is 1. The van der Waals surface area contributed by atoms with Crippen molar-refractivity contribution >= 4 is 28.3 Å². The van der Waals surface area contributed by atoms with E-state index < -0.39 is 0 Å². The van der Waals surface area contributed by atoms with E-state index in [0.29, 0.717) is 12.3 Å². The highest BCUT2D eigenvalue weighted by Gasteiger charge is 2.22. The second-order valence-electron chi connectivity index (χ2n) is 9.32. The molecule has 3 aromatic rings. The van der Waals surface area contributed by atoms with Gasteiger partial charge in [0, 0.05) is 24.7 Å². The lowest BCUT2D eigenvalue weighted by Crippen LogP contribution is -2.41. The van der Waals surface area contributed by atoms with Gasteiger partial charge in [0.1, 0.15) is 0 Å². The average molecular weight is 478 g/mol. The minimum Gasteiger partial charge on any atom is -0.342 e. The normalized spacial score (nSPS) is 14.6. The van der Waals surface area contributed by atoms with Gasteiger partial charge in [0.15, 0.2) is 0 Å². The minimum atomic E-state index is 0.257. The topological polar surface area (TPSA) is 44.4 Å². The second-order valence-corrected chi connectivity index (χ2v) is 9.73. The van der Waals surface area contributed by atoms with E-state index in [9.17, 15) is 4.79 Å². The number of nitrogens with zero attached hydrogens (tertiary/aromatic N) is 1. The number of fused-ring (bicyclic) bond motifs is 1. The monoisotopic (exact) mass is 477 g/mol. The molecule has 1 aliphatic heterocycles. The summed E-state index contributed by atoms with van der Waals surface area (Å²) in [5, 5.41) is 10.3. The highest BCUT2D eigenvalue weighted by Crippen LogP contribution is 2.22. The maximum atomic E-state index is 12.9. The van der Waals surface area contributed by atoms with Crippen LogP contribution in [0.25, 0.3) is 10.8 Å². The Morgan fingerprint density at radius 2 is 1.53 bits per heavy atom. The molecule has 5 heteroatoms. The van der Waals surface area contributed by atoms with Crippen LogP contribution in [-0.4, -0.2) is 43.5 Å². The summed E-state index contributed by atoms with van der Waals surface area (Å²) in [5.41, 5.74) is 2.29. The van der Waals surface area contributed by atoms with E-state index in [0.717, 1.165) is 81.1 Å². The van der Waals surface area contributed by atoms with E-state index in [1.807, 2.05) is 30.3 Å². The Labute approximate surface area is 208 Å². The Balaban J connectivity index is 1.07. The molecule has 1 aliphatic rings. The fourth-order valence-corrected chi connectivity index (χ4v) is 4.98. The lowest BCUT2D eigenvalue weighted by Gasteiger charge is -2.32. The molecule has 2 N–H and O–H groups in total. The Morgan fingerprint density at radius 1 is 0.853 bits per heavy atom. The SMILES string of the molecule is O=C(Cc1cccc2ccccc12)N1CCC(CNCCCCNCc2ccccc2Cl)CC1. The molecule has 0 radical (unpaired) electrons. The van der Waals surface area contributed by atoms with Crippen molar-refractivity contribution in [1.82, 2.24) is 15.5 Å². The quantitative estimate of drug-likeness (QED) is 0.362. The summed E-state index contributed by atoms with van der Waals surface area (Å²) in [7, 11) is 0. The number of piperidine rings is 1. The first-order chi connectivity index (χ1) is 16.7. The van der Waals surface area contributed by atoms with E-state index in [1.54, 1.807) is 0 Å². The van der Waals surface area contributed by atoms with Crippen molar-refractivity contribution in [2.45, 2.75) is 38.6 Å². The summed E-state index contributed by atoms with van der Waals surface area (Å²) >= 11 is 6.19. The number of unbranched alkanes of at least 4 members (excludes halogenated alkanes) is 1. The van der Waals surface area contributed by atoms with Crippen LogP contribution in [0, 0.1) is 5.92 Å². The molecule has 3 aromatic carbocycles. The highest BCUT2D eigenvalue weighted by molar-refractivity contribution is 6.31. The van der Waals surface area contributed by atoms with E-state index in [2.05, 4.69) is 51.9 Å². The predicted molar refractivity (Wildman–Crippen MR) is 142 cm³/mol. The zero-order chi connectivity index (χ0) is 23.6. The summed E-state index contributed by atoms with van der Waals surface area (Å²) < 4.78 is 0. The summed E-state index contributed by atoms with van der Waals surface area (Å²) in [4.78, 5) is 15.0. The molecule has 0 aromatic heterocycles. The third-order valence-corrected chi connectivity index (χ3v) is 7.22. The van der Waals surface area contributed by atoms with Crippen LogP contribution in [0.2, 0.25) is 5.02 Å². The van der Waals surface area contributed by atoms with E-state index in [-0.39, 0.29) is 5.91 Å². The molecule has 1 fully saturated rings. The zero-order valence-corrected chi connectivity index (χ0v) is 20.7. The van der Waals surface area contributed by atoms with Crippen molar-refractivity contribution < 1.29 is 4.79 Å². The number of likely N-dealkylation sites (tertiary alicyclic amines) is 1. The van der Waals surface area contributed by atoms with Crippen molar-refractivity contribution in [3.05, 3.63) is 82.9 Å². The van der Waals surface area contributed by atoms with Gasteiger partial charge in [0.2, 0.25) is 5.91 Å². The molecule has 0 spiro atoms. The molecule has 0 atom stereocenters. The van der Waals surface area contributed by atoms with Crippen molar-refractivity contribution in [2.75, 3.05) is 32.7 Å². The largest absolute Gasteiger partial charge is 0.342 e. The van der Waals surface area contributed by atoms with Gasteiger partial charge >= 0.3 is 0 Å². The van der Waals surface area contributed by atoms with Crippen LogP contribution < -0.4 is 10.6 Å². The molecule has 34 heavy (non-hydrogen) atoms. The lowest BCUT2D eigenvalue weighted by molar-refractivity contribution is -0.131. The molecule has 4 nitrogen and oxygen atoms in total. The fraction of sp³-hybridized carbons (Fsp3) is 0.414. The van der Waals surface area contributed by atoms with Crippen molar-refractivity contribution in [3.63, 3.8) is 0 Å². The van der Waals surface area contributed by atoms with Gasteiger partial charge in [-0.15, -0.1) is 0 Å². The lowest BCUT2D eigenvalue weighted by atomic mass is 9.95. The van der Waals surface area contributed by atoms with E-state index >= 15 is 0 Å². The van der Waals surface area contributed by atoms with Gasteiger partial charge in [0.25, 0.3) is 0 Å². The maximum absolute atomic E-state index is 12.9. The molecular formula is C29H36ClN3O. The average Bonchev–Trinajstić information content (AvgIpc) is 2.87. The number of rotatable bonds is 11. The van der Waals surface area contributed by atoms with Crippen LogP contribution in [0.4, 0.5) is 0 Å². The van der Waals surface area contributed by atoms with Gasteiger partial charge in [-0.3, -0.25) is 4.79 Å². The number of hydrogen-bond donors (Lipinski definition) is 2. The van der Waals surface area contributed by atoms with Gasteiger partial charge in [-0.25, -0.2) is 0 Å². The Hall–Kier alpha value is -2.40. The van der Waals surface area contributed by atoms with Crippen LogP contribution in [0.15, 0.2) is 66.7 Å². The third-order valence-electron chi connectivity index (χ3n) is 6.85. The zero-order valence-electron chi connectivity index (χ0n) is 19.9. The van der Waals surface area contributed by atoms with Crippen molar-refractivity contribution in [1.29, 1.82) is 0 Å². The molecular weight excluding hydrogens is 442 g/mol. The van der Waals surface area contributed by atoms with Crippen molar-refractivity contribution in [3.8, 4) is 0 Å². The summed E-state index contributed by atoms with van der Waals surface area (Å²) in [6.45, 7) is 5.69. The smallest absolute Gasteiger partial charge is 0.227 e. The molecule has 1 heterocycles. The highest BCUT2D eigenvalue weighted by atomic mass is 35.5. The van der Waals surface area contributed by atoms with Gasteiger partial charge in [-0.05, 0) is 79.2 Å². The van der Waals surface area contributed by atoms with Crippen LogP contribution in [-0.2, 0) is 17.8 Å². The third kappa shape index (κ3) is 7.05. The molecule has 0 aliphatic carbocycles. The van der Waals surface area contributed by atoms with Crippen LogP contribution in [0.1, 0.15) is 36.8 Å². The molecule has 1 saturated heterocycles. The summed E-state index contributed by atoms with van der Waals surface area (Å²) in [6.07, 6.45) is 4.99. The Bertz CT molecular complexity index is 1060. The van der Waals surface area contributed by atoms with Gasteiger partial charge in [0.05, 0.1) is 6.42 Å². The van der Waals surface area contributed by atoms with Gasteiger partial charge in [-0.2, -0.15) is 0 Å². The number of nitrogens with one attached hydrogen (secondary N) is 2. The fourth-order valence-electron chi connectivity index (χ4n) is 4.78. The Kier molecular flexibility index (Phi) is 9.37. The first-order valence-corrected chi connectivity index (χ1v) is 13.0. The minimum absolute atomic E-state index is 0.257. The molecule has 180 valence electrons. The van der Waals surface area contributed by atoms with Crippen LogP contribution >= 0.6 is 11.6 Å². The Morgan fingerprint density at radius 3 is 2.35 bits per heavy atom. The number of benzene rings is 3. The molecule has 0 saturated carbocycles. The maximum Gasteiger partial charge on any atom is 0.227 e. The van der Waals surface area contributed by atoms with Gasteiger partial charge in [-0.1, -0.05) is 72.3 Å². The molecule has 4 rings (SSSR count).